The number of fused-ring (bicyclic) bond motifs is 2. The van der Waals surface area contributed by atoms with Crippen molar-refractivity contribution < 1.29 is 29.2 Å². The number of rotatable bonds is 8. The van der Waals surface area contributed by atoms with Crippen molar-refractivity contribution in [3.05, 3.63) is 99.6 Å². The van der Waals surface area contributed by atoms with Crippen molar-refractivity contribution in [2.75, 3.05) is 16.5 Å². The molecule has 3 aliphatic rings. The Kier molecular flexibility index (Phi) is 7.94. The summed E-state index contributed by atoms with van der Waals surface area (Å²) in [5.41, 5.74) is 1.79. The molecule has 6 rings (SSSR count). The standard InChI is InChI=1S/C33H36N4O7Si/c1-21-31(45(2,3)43)29(16-17-38)44-33(21)26-19-25(37(41)42)12-14-28(26)35(32(33)40)20-22-8-7-11-24(18-22)36-30(39)15-13-27(34-36)23-9-5-4-6-10-23/h4-12,14,18-19,21,29,31,38,43H,13,15-17,20H2,1-3H3/t21-,29+,31-,33+/m0/s1. The number of hydrazone groups is 1. The zero-order chi connectivity index (χ0) is 32.1. The number of nitrogens with zero attached hydrogens (tertiary/aromatic N) is 4. The minimum absolute atomic E-state index is 0.113. The third-order valence-electron chi connectivity index (χ3n) is 9.23. The first kappa shape index (κ1) is 30.8. The number of benzene rings is 3. The molecule has 0 aliphatic carbocycles. The summed E-state index contributed by atoms with van der Waals surface area (Å²) in [6, 6.07) is 21.3. The molecule has 4 atom stereocenters. The molecule has 1 spiro atoms. The SMILES string of the molecule is C[C@H]1[C@H]([Si](C)(C)O)[C@@H](CCO)O[C@]12C(=O)N(Cc1cccc(N3N=C(c4ccccc4)CCC3=O)c1)c1ccc([N+](=O)[O-])cc12. The van der Waals surface area contributed by atoms with Gasteiger partial charge in [0.05, 0.1) is 34.7 Å². The van der Waals surface area contributed by atoms with Gasteiger partial charge in [0, 0.05) is 48.6 Å². The van der Waals surface area contributed by atoms with Gasteiger partial charge in [-0.25, -0.2) is 5.01 Å². The fourth-order valence-corrected chi connectivity index (χ4v) is 9.90. The Hall–Kier alpha value is -4.23. The van der Waals surface area contributed by atoms with Crippen LogP contribution in [0.15, 0.2) is 77.9 Å². The number of nitro groups is 1. The van der Waals surface area contributed by atoms with Crippen molar-refractivity contribution in [2.24, 2.45) is 11.0 Å². The number of nitro benzene ring substituents is 1. The summed E-state index contributed by atoms with van der Waals surface area (Å²) < 4.78 is 6.56. The molecule has 11 nitrogen and oxygen atoms in total. The topological polar surface area (TPSA) is 146 Å². The molecule has 3 aromatic carbocycles. The zero-order valence-corrected chi connectivity index (χ0v) is 26.4. The monoisotopic (exact) mass is 628 g/mol. The van der Waals surface area contributed by atoms with Gasteiger partial charge < -0.3 is 19.5 Å². The van der Waals surface area contributed by atoms with Crippen molar-refractivity contribution >= 4 is 42.9 Å². The molecule has 234 valence electrons. The lowest BCUT2D eigenvalue weighted by Gasteiger charge is -2.32. The van der Waals surface area contributed by atoms with Crippen LogP contribution in [0.3, 0.4) is 0 Å². The van der Waals surface area contributed by atoms with Crippen molar-refractivity contribution in [3.63, 3.8) is 0 Å². The Morgan fingerprint density at radius 2 is 1.82 bits per heavy atom. The second-order valence-corrected chi connectivity index (χ2v) is 16.5. The highest BCUT2D eigenvalue weighted by Gasteiger charge is 2.66. The van der Waals surface area contributed by atoms with Crippen molar-refractivity contribution in [3.8, 4) is 0 Å². The molecule has 45 heavy (non-hydrogen) atoms. The third kappa shape index (κ3) is 5.27. The molecule has 0 bridgehead atoms. The van der Waals surface area contributed by atoms with Gasteiger partial charge in [0.2, 0.25) is 5.91 Å². The van der Waals surface area contributed by atoms with Crippen LogP contribution >= 0.6 is 0 Å². The average molecular weight is 629 g/mol. The largest absolute Gasteiger partial charge is 0.432 e. The molecule has 2 N–H and O–H groups in total. The van der Waals surface area contributed by atoms with Crippen LogP contribution in [-0.2, 0) is 26.5 Å². The highest BCUT2D eigenvalue weighted by Crippen LogP contribution is 2.60. The van der Waals surface area contributed by atoms with Gasteiger partial charge in [-0.15, -0.1) is 0 Å². The number of carbonyl (C=O) groups is 2. The lowest BCUT2D eigenvalue weighted by Crippen LogP contribution is -2.46. The minimum Gasteiger partial charge on any atom is -0.432 e. The van der Waals surface area contributed by atoms with Gasteiger partial charge in [-0.1, -0.05) is 49.4 Å². The van der Waals surface area contributed by atoms with Gasteiger partial charge in [-0.05, 0) is 48.8 Å². The molecule has 2 amide bonds. The van der Waals surface area contributed by atoms with E-state index in [0.717, 1.165) is 16.8 Å². The molecule has 0 saturated carbocycles. The van der Waals surface area contributed by atoms with Crippen LogP contribution in [0.4, 0.5) is 17.1 Å². The fraction of sp³-hybridized carbons (Fsp3) is 0.364. The summed E-state index contributed by atoms with van der Waals surface area (Å²) >= 11 is 0. The number of hydrogen-bond acceptors (Lipinski definition) is 8. The molecule has 0 aromatic heterocycles. The Morgan fingerprint density at radius 1 is 1.07 bits per heavy atom. The van der Waals surface area contributed by atoms with Crippen LogP contribution in [0, 0.1) is 16.0 Å². The molecule has 1 fully saturated rings. The molecule has 3 heterocycles. The maximum atomic E-state index is 14.6. The first-order valence-corrected chi connectivity index (χ1v) is 18.1. The second-order valence-electron chi connectivity index (χ2n) is 12.5. The summed E-state index contributed by atoms with van der Waals surface area (Å²) in [7, 11) is -2.92. The molecule has 12 heteroatoms. The van der Waals surface area contributed by atoms with Gasteiger partial charge in [0.25, 0.3) is 11.6 Å². The molecular formula is C33H36N4O7Si. The number of ether oxygens (including phenoxy) is 1. The zero-order valence-electron chi connectivity index (χ0n) is 25.4. The van der Waals surface area contributed by atoms with Crippen molar-refractivity contribution in [1.29, 1.82) is 0 Å². The van der Waals surface area contributed by atoms with Gasteiger partial charge in [0.15, 0.2) is 13.9 Å². The Bertz CT molecular complexity index is 1690. The fourth-order valence-electron chi connectivity index (χ4n) is 7.29. The number of carbonyl (C=O) groups excluding carboxylic acids is 2. The van der Waals surface area contributed by atoms with Gasteiger partial charge in [-0.2, -0.15) is 5.10 Å². The smallest absolute Gasteiger partial charge is 0.269 e. The first-order chi connectivity index (χ1) is 21.5. The predicted molar refractivity (Wildman–Crippen MR) is 171 cm³/mol. The van der Waals surface area contributed by atoms with E-state index in [2.05, 4.69) is 5.10 Å². The van der Waals surface area contributed by atoms with Crippen LogP contribution in [0.25, 0.3) is 0 Å². The van der Waals surface area contributed by atoms with E-state index in [9.17, 15) is 29.6 Å². The summed E-state index contributed by atoms with van der Waals surface area (Å²) in [4.78, 5) is 51.7. The number of hydrogen-bond donors (Lipinski definition) is 2. The average Bonchev–Trinajstić information content (AvgIpc) is 3.44. The Morgan fingerprint density at radius 3 is 2.51 bits per heavy atom. The van der Waals surface area contributed by atoms with Gasteiger partial charge >= 0.3 is 0 Å². The quantitative estimate of drug-likeness (QED) is 0.206. The summed E-state index contributed by atoms with van der Waals surface area (Å²) in [5.74, 6) is -1.02. The summed E-state index contributed by atoms with van der Waals surface area (Å²) in [6.45, 7) is 5.34. The number of amides is 2. The van der Waals surface area contributed by atoms with Crippen LogP contribution < -0.4 is 9.91 Å². The second kappa shape index (κ2) is 11.6. The lowest BCUT2D eigenvalue weighted by molar-refractivity contribution is -0.385. The maximum absolute atomic E-state index is 14.6. The normalized spacial score (nSPS) is 24.7. The van der Waals surface area contributed by atoms with Crippen LogP contribution in [0.1, 0.15) is 42.9 Å². The summed E-state index contributed by atoms with van der Waals surface area (Å²) in [6.07, 6.45) is 0.476. The highest BCUT2D eigenvalue weighted by atomic mass is 28.4. The summed E-state index contributed by atoms with van der Waals surface area (Å²) in [5, 5.41) is 27.7. The third-order valence-corrected chi connectivity index (χ3v) is 11.7. The number of anilines is 2. The molecule has 0 radical (unpaired) electrons. The number of aliphatic hydroxyl groups is 1. The minimum atomic E-state index is -2.92. The Balaban J connectivity index is 1.38. The number of non-ortho nitro benzene ring substituents is 1. The Labute approximate surface area is 262 Å². The van der Waals surface area contributed by atoms with Crippen LogP contribution in [0.5, 0.6) is 0 Å². The van der Waals surface area contributed by atoms with E-state index in [4.69, 9.17) is 4.74 Å². The van der Waals surface area contributed by atoms with Gasteiger partial charge in [-0.3, -0.25) is 19.7 Å². The maximum Gasteiger partial charge on any atom is 0.269 e. The predicted octanol–water partition coefficient (Wildman–Crippen LogP) is 4.85. The van der Waals surface area contributed by atoms with E-state index in [-0.39, 0.29) is 37.1 Å². The lowest BCUT2D eigenvalue weighted by atomic mass is 9.82. The molecule has 1 saturated heterocycles. The molecule has 3 aromatic rings. The van der Waals surface area contributed by atoms with E-state index in [0.29, 0.717) is 29.8 Å². The molecule has 0 unspecified atom stereocenters. The van der Waals surface area contributed by atoms with E-state index in [1.165, 1.54) is 17.1 Å². The van der Waals surface area contributed by atoms with Crippen molar-refractivity contribution in [2.45, 2.75) is 63.1 Å². The highest BCUT2D eigenvalue weighted by molar-refractivity contribution is 6.71. The van der Waals surface area contributed by atoms with Crippen molar-refractivity contribution in [1.82, 2.24) is 0 Å². The van der Waals surface area contributed by atoms with E-state index < -0.39 is 36.4 Å². The van der Waals surface area contributed by atoms with Crippen LogP contribution in [-0.4, -0.2) is 53.4 Å². The molecular weight excluding hydrogens is 592 g/mol. The first-order valence-electron chi connectivity index (χ1n) is 15.1. The van der Waals surface area contributed by atoms with Gasteiger partial charge in [0.1, 0.15) is 0 Å². The van der Waals surface area contributed by atoms with E-state index >= 15 is 0 Å². The molecule has 3 aliphatic heterocycles. The van der Waals surface area contributed by atoms with Crippen LogP contribution in [0.2, 0.25) is 18.6 Å². The number of aliphatic hydroxyl groups excluding tert-OH is 1. The van der Waals surface area contributed by atoms with E-state index in [1.54, 1.807) is 36.2 Å². The van der Waals surface area contributed by atoms with E-state index in [1.807, 2.05) is 49.4 Å².